The summed E-state index contributed by atoms with van der Waals surface area (Å²) in [4.78, 5) is 0. The first kappa shape index (κ1) is 15.0. The van der Waals surface area contributed by atoms with Crippen LogP contribution in [0.4, 0.5) is 0 Å². The largest absolute Gasteiger partial charge is 0.373 e. The van der Waals surface area contributed by atoms with Crippen molar-refractivity contribution in [3.8, 4) is 0 Å². The second-order valence-electron chi connectivity index (χ2n) is 7.38. The minimum absolute atomic E-state index is 0.0343. The van der Waals surface area contributed by atoms with E-state index in [-0.39, 0.29) is 5.60 Å². The lowest BCUT2D eigenvalue weighted by atomic mass is 9.66. The maximum absolute atomic E-state index is 5.97. The summed E-state index contributed by atoms with van der Waals surface area (Å²) in [7, 11) is 0. The van der Waals surface area contributed by atoms with Crippen LogP contribution >= 0.6 is 0 Å². The Hall–Kier alpha value is -0.0400. The molecule has 1 nitrogen and oxygen atoms in total. The average Bonchev–Trinajstić information content (AvgIpc) is 1.75. The minimum atomic E-state index is -0.0343. The van der Waals surface area contributed by atoms with Crippen LogP contribution in [0.3, 0.4) is 0 Å². The van der Waals surface area contributed by atoms with Gasteiger partial charge in [0, 0.05) is 0 Å². The van der Waals surface area contributed by atoms with E-state index in [0.29, 0.717) is 16.9 Å². The van der Waals surface area contributed by atoms with Gasteiger partial charge in [-0.1, -0.05) is 34.6 Å². The standard InChI is InChI=1S/C14H30O/c1-11(15-13(5,6)7)10-14(8,9)12(2,3)4/h11H,10H2,1-9H3. The molecule has 0 saturated heterocycles. The minimum Gasteiger partial charge on any atom is -0.373 e. The molecule has 0 N–H and O–H groups in total. The Kier molecular flexibility index (Phi) is 4.44. The van der Waals surface area contributed by atoms with Crippen LogP contribution < -0.4 is 0 Å². The van der Waals surface area contributed by atoms with Gasteiger partial charge in [-0.25, -0.2) is 0 Å². The molecule has 0 heterocycles. The highest BCUT2D eigenvalue weighted by molar-refractivity contribution is 4.84. The van der Waals surface area contributed by atoms with Crippen LogP contribution in [-0.4, -0.2) is 11.7 Å². The van der Waals surface area contributed by atoms with Gasteiger partial charge in [0.15, 0.2) is 0 Å². The Morgan fingerprint density at radius 3 is 1.53 bits per heavy atom. The zero-order valence-electron chi connectivity index (χ0n) is 12.2. The predicted molar refractivity (Wildman–Crippen MR) is 68.2 cm³/mol. The fourth-order valence-electron chi connectivity index (χ4n) is 1.67. The van der Waals surface area contributed by atoms with E-state index in [4.69, 9.17) is 4.74 Å². The van der Waals surface area contributed by atoms with Gasteiger partial charge >= 0.3 is 0 Å². The molecule has 0 aliphatic heterocycles. The van der Waals surface area contributed by atoms with Gasteiger partial charge in [0.2, 0.25) is 0 Å². The summed E-state index contributed by atoms with van der Waals surface area (Å²) in [5.74, 6) is 0. The number of ether oxygens (including phenoxy) is 1. The first-order valence-corrected chi connectivity index (χ1v) is 6.03. The van der Waals surface area contributed by atoms with E-state index in [1.165, 1.54) is 0 Å². The molecule has 0 aromatic carbocycles. The Labute approximate surface area is 96.6 Å². The first-order chi connectivity index (χ1) is 6.35. The van der Waals surface area contributed by atoms with E-state index in [1.54, 1.807) is 0 Å². The molecule has 0 aliphatic rings. The highest BCUT2D eigenvalue weighted by atomic mass is 16.5. The summed E-state index contributed by atoms with van der Waals surface area (Å²) in [5, 5.41) is 0. The maximum atomic E-state index is 5.97. The lowest BCUT2D eigenvalue weighted by Gasteiger charge is -2.41. The molecule has 0 aromatic heterocycles. The van der Waals surface area contributed by atoms with Gasteiger partial charge in [0.05, 0.1) is 11.7 Å². The maximum Gasteiger partial charge on any atom is 0.0602 e. The zero-order valence-corrected chi connectivity index (χ0v) is 12.2. The smallest absolute Gasteiger partial charge is 0.0602 e. The molecule has 0 aromatic rings. The van der Waals surface area contributed by atoms with Crippen LogP contribution in [-0.2, 0) is 4.74 Å². The molecule has 0 bridgehead atoms. The third-order valence-corrected chi connectivity index (χ3v) is 3.38. The van der Waals surface area contributed by atoms with Crippen molar-refractivity contribution in [2.24, 2.45) is 10.8 Å². The van der Waals surface area contributed by atoms with Gasteiger partial charge in [-0.05, 0) is 44.9 Å². The molecule has 92 valence electrons. The van der Waals surface area contributed by atoms with E-state index < -0.39 is 0 Å². The monoisotopic (exact) mass is 214 g/mol. The predicted octanol–water partition coefficient (Wildman–Crippen LogP) is 4.65. The second kappa shape index (κ2) is 4.45. The number of hydrogen-bond donors (Lipinski definition) is 0. The Bertz CT molecular complexity index is 190. The molecule has 0 saturated carbocycles. The quantitative estimate of drug-likeness (QED) is 0.664. The number of rotatable bonds is 3. The highest BCUT2D eigenvalue weighted by Gasteiger charge is 2.34. The lowest BCUT2D eigenvalue weighted by molar-refractivity contribution is -0.0783. The van der Waals surface area contributed by atoms with Crippen LogP contribution in [0.5, 0.6) is 0 Å². The molecular formula is C14H30O. The van der Waals surface area contributed by atoms with Crippen molar-refractivity contribution in [2.75, 3.05) is 0 Å². The van der Waals surface area contributed by atoms with Gasteiger partial charge in [-0.2, -0.15) is 0 Å². The van der Waals surface area contributed by atoms with E-state index in [0.717, 1.165) is 6.42 Å². The SMILES string of the molecule is CC(CC(C)(C)C(C)(C)C)OC(C)(C)C. The molecule has 1 unspecified atom stereocenters. The molecule has 0 spiro atoms. The first-order valence-electron chi connectivity index (χ1n) is 6.03. The van der Waals surface area contributed by atoms with Crippen molar-refractivity contribution in [3.05, 3.63) is 0 Å². The lowest BCUT2D eigenvalue weighted by Crippen LogP contribution is -2.36. The molecule has 0 radical (unpaired) electrons. The molecule has 1 atom stereocenters. The Morgan fingerprint density at radius 2 is 1.27 bits per heavy atom. The second-order valence-corrected chi connectivity index (χ2v) is 7.38. The molecule has 0 aliphatic carbocycles. The molecule has 1 heteroatoms. The van der Waals surface area contributed by atoms with Gasteiger partial charge in [0.1, 0.15) is 0 Å². The zero-order chi connectivity index (χ0) is 12.5. The Balaban J connectivity index is 4.36. The summed E-state index contributed by atoms with van der Waals surface area (Å²) in [6.07, 6.45) is 1.42. The highest BCUT2D eigenvalue weighted by Crippen LogP contribution is 2.42. The Morgan fingerprint density at radius 1 is 0.867 bits per heavy atom. The van der Waals surface area contributed by atoms with Gasteiger partial charge in [0.25, 0.3) is 0 Å². The third kappa shape index (κ3) is 5.55. The van der Waals surface area contributed by atoms with Crippen LogP contribution in [0.1, 0.15) is 68.7 Å². The van der Waals surface area contributed by atoms with Crippen LogP contribution in [0.25, 0.3) is 0 Å². The van der Waals surface area contributed by atoms with Crippen LogP contribution in [0.2, 0.25) is 0 Å². The summed E-state index contributed by atoms with van der Waals surface area (Å²) < 4.78 is 5.97. The van der Waals surface area contributed by atoms with E-state index in [1.807, 2.05) is 0 Å². The topological polar surface area (TPSA) is 9.23 Å². The fraction of sp³-hybridized carbons (Fsp3) is 1.00. The van der Waals surface area contributed by atoms with Gasteiger partial charge in [-0.3, -0.25) is 0 Å². The average molecular weight is 214 g/mol. The third-order valence-electron chi connectivity index (χ3n) is 3.38. The van der Waals surface area contributed by atoms with Crippen LogP contribution in [0, 0.1) is 10.8 Å². The number of hydrogen-bond acceptors (Lipinski definition) is 1. The van der Waals surface area contributed by atoms with Crippen molar-refractivity contribution in [2.45, 2.75) is 80.4 Å². The van der Waals surface area contributed by atoms with Crippen molar-refractivity contribution in [1.82, 2.24) is 0 Å². The van der Waals surface area contributed by atoms with E-state index >= 15 is 0 Å². The summed E-state index contributed by atoms with van der Waals surface area (Å²) in [6.45, 7) is 20.1. The normalized spacial score (nSPS) is 16.6. The summed E-state index contributed by atoms with van der Waals surface area (Å²) in [5.41, 5.74) is 0.591. The van der Waals surface area contributed by atoms with Crippen molar-refractivity contribution in [3.63, 3.8) is 0 Å². The van der Waals surface area contributed by atoms with E-state index in [9.17, 15) is 0 Å². The van der Waals surface area contributed by atoms with Gasteiger partial charge in [-0.15, -0.1) is 0 Å². The molecule has 0 fully saturated rings. The molecule has 0 rings (SSSR count). The van der Waals surface area contributed by atoms with Crippen molar-refractivity contribution < 1.29 is 4.74 Å². The molecule has 0 amide bonds. The fourth-order valence-corrected chi connectivity index (χ4v) is 1.67. The van der Waals surface area contributed by atoms with Crippen LogP contribution in [0.15, 0.2) is 0 Å². The molecular weight excluding hydrogens is 184 g/mol. The van der Waals surface area contributed by atoms with Gasteiger partial charge < -0.3 is 4.74 Å². The molecule has 15 heavy (non-hydrogen) atoms. The summed E-state index contributed by atoms with van der Waals surface area (Å²) >= 11 is 0. The summed E-state index contributed by atoms with van der Waals surface area (Å²) in [6, 6.07) is 0. The van der Waals surface area contributed by atoms with E-state index in [2.05, 4.69) is 62.3 Å². The van der Waals surface area contributed by atoms with Crippen molar-refractivity contribution >= 4 is 0 Å². The van der Waals surface area contributed by atoms with Crippen molar-refractivity contribution in [1.29, 1.82) is 0 Å².